The van der Waals surface area contributed by atoms with Crippen LogP contribution in [0.1, 0.15) is 31.1 Å². The van der Waals surface area contributed by atoms with E-state index in [-0.39, 0.29) is 6.04 Å². The quantitative estimate of drug-likeness (QED) is 0.773. The number of likely N-dealkylation sites (tertiary alicyclic amines) is 1. The molecule has 1 aliphatic rings. The second-order valence-electron chi connectivity index (χ2n) is 5.44. The van der Waals surface area contributed by atoms with Crippen LogP contribution in [0, 0.1) is 0 Å². The van der Waals surface area contributed by atoms with Gasteiger partial charge in [0.2, 0.25) is 10.0 Å². The number of nitrogens with two attached hydrogens (primary N) is 1. The minimum atomic E-state index is -3.50. The second kappa shape index (κ2) is 7.52. The van der Waals surface area contributed by atoms with Gasteiger partial charge in [0, 0.05) is 24.0 Å². The number of hydrogen-bond acceptors (Lipinski definition) is 5. The number of nitrogens with one attached hydrogen (secondary N) is 1. The summed E-state index contributed by atoms with van der Waals surface area (Å²) in [6.07, 6.45) is 3.69. The standard InChI is InChI=1S/C13H22BrN3O2S2/c1-10(9-17-5-3-2-4-6-17)16-21(18,19)12-7-11(8-15)20-13(12)14/h7,10,16H,2-6,8-9,15H2,1H3. The van der Waals surface area contributed by atoms with Crippen molar-refractivity contribution in [3.8, 4) is 0 Å². The number of halogens is 1. The van der Waals surface area contributed by atoms with Crippen molar-refractivity contribution < 1.29 is 8.42 Å². The summed E-state index contributed by atoms with van der Waals surface area (Å²) < 4.78 is 28.3. The molecule has 0 amide bonds. The van der Waals surface area contributed by atoms with Crippen LogP contribution in [-0.4, -0.2) is 39.0 Å². The molecule has 0 bridgehead atoms. The first-order valence-corrected chi connectivity index (χ1v) is 10.2. The van der Waals surface area contributed by atoms with E-state index in [1.54, 1.807) is 6.07 Å². The zero-order valence-electron chi connectivity index (χ0n) is 12.1. The van der Waals surface area contributed by atoms with Crippen molar-refractivity contribution in [2.24, 2.45) is 5.73 Å². The number of piperidine rings is 1. The highest BCUT2D eigenvalue weighted by Crippen LogP contribution is 2.31. The average Bonchev–Trinajstić information content (AvgIpc) is 2.81. The molecule has 1 aromatic heterocycles. The lowest BCUT2D eigenvalue weighted by atomic mass is 10.1. The summed E-state index contributed by atoms with van der Waals surface area (Å²) in [6.45, 7) is 5.14. The average molecular weight is 396 g/mol. The summed E-state index contributed by atoms with van der Waals surface area (Å²) in [5.74, 6) is 0. The Morgan fingerprint density at radius 2 is 2.10 bits per heavy atom. The lowest BCUT2D eigenvalue weighted by Crippen LogP contribution is -2.43. The van der Waals surface area contributed by atoms with Crippen molar-refractivity contribution in [1.29, 1.82) is 0 Å². The largest absolute Gasteiger partial charge is 0.326 e. The highest BCUT2D eigenvalue weighted by Gasteiger charge is 2.24. The van der Waals surface area contributed by atoms with E-state index in [4.69, 9.17) is 5.73 Å². The molecule has 2 heterocycles. The Kier molecular flexibility index (Phi) is 6.22. The third kappa shape index (κ3) is 4.74. The fraction of sp³-hybridized carbons (Fsp3) is 0.692. The molecule has 1 atom stereocenters. The van der Waals surface area contributed by atoms with E-state index in [9.17, 15) is 8.42 Å². The van der Waals surface area contributed by atoms with Crippen molar-refractivity contribution in [1.82, 2.24) is 9.62 Å². The highest BCUT2D eigenvalue weighted by atomic mass is 79.9. The predicted molar refractivity (Wildman–Crippen MR) is 90.0 cm³/mol. The van der Waals surface area contributed by atoms with Crippen molar-refractivity contribution in [2.75, 3.05) is 19.6 Å². The fourth-order valence-corrected chi connectivity index (χ4v) is 6.37. The van der Waals surface area contributed by atoms with E-state index < -0.39 is 10.0 Å². The van der Waals surface area contributed by atoms with Crippen molar-refractivity contribution >= 4 is 37.3 Å². The van der Waals surface area contributed by atoms with Crippen LogP contribution in [0.2, 0.25) is 0 Å². The Bertz CT molecular complexity index is 568. The molecule has 5 nitrogen and oxygen atoms in total. The molecule has 8 heteroatoms. The molecule has 120 valence electrons. The van der Waals surface area contributed by atoms with Crippen LogP contribution in [0.5, 0.6) is 0 Å². The van der Waals surface area contributed by atoms with Crippen molar-refractivity contribution in [3.63, 3.8) is 0 Å². The number of rotatable bonds is 6. The summed E-state index contributed by atoms with van der Waals surface area (Å²) in [5.41, 5.74) is 5.57. The maximum Gasteiger partial charge on any atom is 0.242 e. The van der Waals surface area contributed by atoms with Crippen LogP contribution in [0.3, 0.4) is 0 Å². The zero-order valence-corrected chi connectivity index (χ0v) is 15.4. The Hall–Kier alpha value is 0.01000. The molecular formula is C13H22BrN3O2S2. The van der Waals surface area contributed by atoms with Gasteiger partial charge in [-0.3, -0.25) is 0 Å². The molecule has 1 aliphatic heterocycles. The van der Waals surface area contributed by atoms with E-state index in [2.05, 4.69) is 25.6 Å². The van der Waals surface area contributed by atoms with Gasteiger partial charge < -0.3 is 10.6 Å². The lowest BCUT2D eigenvalue weighted by molar-refractivity contribution is 0.215. The van der Waals surface area contributed by atoms with Crippen LogP contribution < -0.4 is 10.5 Å². The first kappa shape index (κ1) is 17.4. The monoisotopic (exact) mass is 395 g/mol. The molecular weight excluding hydrogens is 374 g/mol. The molecule has 0 radical (unpaired) electrons. The van der Waals surface area contributed by atoms with E-state index in [1.165, 1.54) is 30.6 Å². The lowest BCUT2D eigenvalue weighted by Gasteiger charge is -2.29. The Balaban J connectivity index is 2.00. The SMILES string of the molecule is CC(CN1CCCCC1)NS(=O)(=O)c1cc(CN)sc1Br. The van der Waals surface area contributed by atoms with E-state index in [0.717, 1.165) is 24.5 Å². The third-order valence-corrected chi connectivity index (χ3v) is 7.40. The van der Waals surface area contributed by atoms with Gasteiger partial charge in [-0.05, 0) is 54.9 Å². The second-order valence-corrected chi connectivity index (χ2v) is 9.58. The van der Waals surface area contributed by atoms with Crippen molar-refractivity contribution in [2.45, 2.75) is 43.7 Å². The zero-order chi connectivity index (χ0) is 15.5. The first-order chi connectivity index (χ1) is 9.92. The molecule has 3 N–H and O–H groups in total. The first-order valence-electron chi connectivity index (χ1n) is 7.15. The smallest absolute Gasteiger partial charge is 0.242 e. The Morgan fingerprint density at radius 1 is 1.43 bits per heavy atom. The van der Waals surface area contributed by atoms with Gasteiger partial charge in [-0.1, -0.05) is 6.42 Å². The summed E-state index contributed by atoms with van der Waals surface area (Å²) in [5, 5.41) is 0. The summed E-state index contributed by atoms with van der Waals surface area (Å²) >= 11 is 4.68. The molecule has 1 saturated heterocycles. The molecule has 0 aromatic carbocycles. The van der Waals surface area contributed by atoms with Crippen LogP contribution in [-0.2, 0) is 16.6 Å². The van der Waals surface area contributed by atoms with Gasteiger partial charge in [0.05, 0.1) is 3.79 Å². The fourth-order valence-electron chi connectivity index (χ4n) is 2.58. The topological polar surface area (TPSA) is 75.4 Å². The number of hydrogen-bond donors (Lipinski definition) is 2. The Labute approximate surface area is 139 Å². The van der Waals surface area contributed by atoms with Gasteiger partial charge in [0.25, 0.3) is 0 Å². The molecule has 1 fully saturated rings. The maximum absolute atomic E-state index is 12.4. The molecule has 0 aliphatic carbocycles. The van der Waals surface area contributed by atoms with Crippen LogP contribution >= 0.6 is 27.3 Å². The Morgan fingerprint density at radius 3 is 2.67 bits per heavy atom. The number of thiophene rings is 1. The van der Waals surface area contributed by atoms with Gasteiger partial charge >= 0.3 is 0 Å². The molecule has 1 unspecified atom stereocenters. The molecule has 21 heavy (non-hydrogen) atoms. The third-order valence-electron chi connectivity index (χ3n) is 3.53. The maximum atomic E-state index is 12.4. The summed E-state index contributed by atoms with van der Waals surface area (Å²) in [7, 11) is -3.50. The van der Waals surface area contributed by atoms with Gasteiger partial charge in [0.1, 0.15) is 4.90 Å². The van der Waals surface area contributed by atoms with E-state index >= 15 is 0 Å². The minimum absolute atomic E-state index is 0.110. The highest BCUT2D eigenvalue weighted by molar-refractivity contribution is 9.11. The van der Waals surface area contributed by atoms with Gasteiger partial charge in [-0.2, -0.15) is 0 Å². The van der Waals surface area contributed by atoms with Crippen LogP contribution in [0.25, 0.3) is 0 Å². The van der Waals surface area contributed by atoms with Crippen LogP contribution in [0.15, 0.2) is 14.7 Å². The summed E-state index contributed by atoms with van der Waals surface area (Å²) in [6, 6.07) is 1.53. The molecule has 2 rings (SSSR count). The number of sulfonamides is 1. The van der Waals surface area contributed by atoms with Gasteiger partial charge in [0.15, 0.2) is 0 Å². The van der Waals surface area contributed by atoms with Gasteiger partial charge in [-0.25, -0.2) is 13.1 Å². The number of nitrogens with zero attached hydrogens (tertiary/aromatic N) is 1. The normalized spacial score (nSPS) is 18.8. The molecule has 1 aromatic rings. The predicted octanol–water partition coefficient (Wildman–Crippen LogP) is 2.12. The van der Waals surface area contributed by atoms with Crippen molar-refractivity contribution in [3.05, 3.63) is 14.7 Å². The summed E-state index contributed by atoms with van der Waals surface area (Å²) in [4.78, 5) is 3.47. The van der Waals surface area contributed by atoms with Crippen LogP contribution in [0.4, 0.5) is 0 Å². The van der Waals surface area contributed by atoms with Gasteiger partial charge in [-0.15, -0.1) is 11.3 Å². The molecule has 0 spiro atoms. The van der Waals surface area contributed by atoms with E-state index in [0.29, 0.717) is 15.2 Å². The molecule has 0 saturated carbocycles. The van der Waals surface area contributed by atoms with E-state index in [1.807, 2.05) is 6.92 Å². The minimum Gasteiger partial charge on any atom is -0.326 e.